The van der Waals surface area contributed by atoms with E-state index in [9.17, 15) is 13.2 Å². The van der Waals surface area contributed by atoms with Crippen molar-refractivity contribution < 1.29 is 13.2 Å². The number of nitrogens with one attached hydrogen (secondary N) is 1. The van der Waals surface area contributed by atoms with Crippen molar-refractivity contribution in [1.29, 1.82) is 0 Å². The van der Waals surface area contributed by atoms with Crippen molar-refractivity contribution in [3.8, 4) is 0 Å². The van der Waals surface area contributed by atoms with Crippen LogP contribution in [0, 0.1) is 0 Å². The minimum atomic E-state index is -3.25. The van der Waals surface area contributed by atoms with Crippen molar-refractivity contribution >= 4 is 21.6 Å². The molecule has 6 nitrogen and oxygen atoms in total. The quantitative estimate of drug-likeness (QED) is 0.877. The van der Waals surface area contributed by atoms with Crippen LogP contribution < -0.4 is 9.62 Å². The summed E-state index contributed by atoms with van der Waals surface area (Å²) >= 11 is 0. The molecule has 25 heavy (non-hydrogen) atoms. The SMILES string of the molecule is CS(=O)(=O)N1CCc2cc(C(=O)NC3CCN(C4CC4)CC3)ccc21. The fraction of sp³-hybridized carbons (Fsp3) is 0.611. The molecule has 0 unspecified atom stereocenters. The Hall–Kier alpha value is -1.60. The number of rotatable bonds is 4. The van der Waals surface area contributed by atoms with Gasteiger partial charge in [0.25, 0.3) is 5.91 Å². The normalized spacial score (nSPS) is 22.0. The lowest BCUT2D eigenvalue weighted by Gasteiger charge is -2.32. The van der Waals surface area contributed by atoms with Crippen molar-refractivity contribution in [3.05, 3.63) is 29.3 Å². The van der Waals surface area contributed by atoms with E-state index in [0.717, 1.165) is 37.5 Å². The van der Waals surface area contributed by atoms with Crippen molar-refractivity contribution in [2.24, 2.45) is 0 Å². The molecule has 1 amide bonds. The molecule has 2 fully saturated rings. The third kappa shape index (κ3) is 3.53. The van der Waals surface area contributed by atoms with E-state index in [2.05, 4.69) is 10.2 Å². The van der Waals surface area contributed by atoms with Crippen molar-refractivity contribution in [1.82, 2.24) is 10.2 Å². The summed E-state index contributed by atoms with van der Waals surface area (Å²) in [5.41, 5.74) is 2.26. The Labute approximate surface area is 149 Å². The maximum Gasteiger partial charge on any atom is 0.251 e. The molecule has 4 rings (SSSR count). The largest absolute Gasteiger partial charge is 0.349 e. The molecule has 3 aliphatic rings. The molecule has 0 radical (unpaired) electrons. The van der Waals surface area contributed by atoms with Gasteiger partial charge < -0.3 is 10.2 Å². The number of likely N-dealkylation sites (tertiary alicyclic amines) is 1. The van der Waals surface area contributed by atoms with Crippen LogP contribution in [0.4, 0.5) is 5.69 Å². The van der Waals surface area contributed by atoms with Gasteiger partial charge in [-0.25, -0.2) is 8.42 Å². The van der Waals surface area contributed by atoms with Gasteiger partial charge in [-0.1, -0.05) is 0 Å². The lowest BCUT2D eigenvalue weighted by molar-refractivity contribution is 0.0909. The second kappa shape index (κ2) is 6.29. The van der Waals surface area contributed by atoms with Gasteiger partial charge in [0.05, 0.1) is 11.9 Å². The van der Waals surface area contributed by atoms with E-state index >= 15 is 0 Å². The molecule has 0 spiro atoms. The van der Waals surface area contributed by atoms with E-state index in [1.807, 2.05) is 6.07 Å². The highest BCUT2D eigenvalue weighted by atomic mass is 32.2. The molecule has 7 heteroatoms. The predicted octanol–water partition coefficient (Wildman–Crippen LogP) is 1.37. The van der Waals surface area contributed by atoms with Crippen molar-refractivity contribution in [2.75, 3.05) is 30.2 Å². The van der Waals surface area contributed by atoms with Crippen molar-refractivity contribution in [2.45, 2.75) is 44.2 Å². The second-order valence-electron chi connectivity index (χ2n) is 7.44. The Morgan fingerprint density at radius 1 is 1.12 bits per heavy atom. The number of sulfonamides is 1. The average molecular weight is 363 g/mol. The van der Waals surface area contributed by atoms with E-state index < -0.39 is 10.0 Å². The Morgan fingerprint density at radius 2 is 1.84 bits per heavy atom. The molecule has 1 N–H and O–H groups in total. The van der Waals surface area contributed by atoms with Gasteiger partial charge in [0, 0.05) is 37.3 Å². The van der Waals surface area contributed by atoms with Crippen LogP contribution in [0.25, 0.3) is 0 Å². The summed E-state index contributed by atoms with van der Waals surface area (Å²) in [5.74, 6) is -0.0505. The third-order valence-corrected chi connectivity index (χ3v) is 6.70. The number of carbonyl (C=O) groups is 1. The van der Waals surface area contributed by atoms with Gasteiger partial charge in [0.2, 0.25) is 10.0 Å². The van der Waals surface area contributed by atoms with Crippen LogP contribution in [-0.4, -0.2) is 57.2 Å². The van der Waals surface area contributed by atoms with E-state index in [-0.39, 0.29) is 11.9 Å². The topological polar surface area (TPSA) is 69.7 Å². The molecular weight excluding hydrogens is 338 g/mol. The van der Waals surface area contributed by atoms with Crippen LogP contribution in [-0.2, 0) is 16.4 Å². The van der Waals surface area contributed by atoms with Gasteiger partial charge >= 0.3 is 0 Å². The zero-order valence-electron chi connectivity index (χ0n) is 14.6. The molecule has 1 aromatic carbocycles. The average Bonchev–Trinajstić information content (AvgIpc) is 3.32. The summed E-state index contributed by atoms with van der Waals surface area (Å²) in [6.45, 7) is 2.60. The number of nitrogens with zero attached hydrogens (tertiary/aromatic N) is 2. The highest BCUT2D eigenvalue weighted by Crippen LogP contribution is 2.31. The lowest BCUT2D eigenvalue weighted by atomic mass is 10.0. The van der Waals surface area contributed by atoms with Crippen molar-refractivity contribution in [3.63, 3.8) is 0 Å². The van der Waals surface area contributed by atoms with E-state index in [0.29, 0.717) is 24.2 Å². The Morgan fingerprint density at radius 3 is 2.48 bits per heavy atom. The predicted molar refractivity (Wildman–Crippen MR) is 97.4 cm³/mol. The van der Waals surface area contributed by atoms with Gasteiger partial charge in [0.1, 0.15) is 0 Å². The van der Waals surface area contributed by atoms with Gasteiger partial charge in [-0.2, -0.15) is 0 Å². The fourth-order valence-electron chi connectivity index (χ4n) is 3.97. The Bertz CT molecular complexity index is 781. The number of amides is 1. The van der Waals surface area contributed by atoms with Gasteiger partial charge in [-0.05, 0) is 55.9 Å². The summed E-state index contributed by atoms with van der Waals surface area (Å²) < 4.78 is 25.0. The first-order valence-electron chi connectivity index (χ1n) is 9.07. The van der Waals surface area contributed by atoms with Gasteiger partial charge in [-0.15, -0.1) is 0 Å². The van der Waals surface area contributed by atoms with Crippen LogP contribution in [0.15, 0.2) is 18.2 Å². The van der Waals surface area contributed by atoms with Gasteiger partial charge in [0.15, 0.2) is 0 Å². The summed E-state index contributed by atoms with van der Waals surface area (Å²) in [6.07, 6.45) is 6.55. The summed E-state index contributed by atoms with van der Waals surface area (Å²) in [6, 6.07) is 6.37. The number of hydrogen-bond donors (Lipinski definition) is 1. The fourth-order valence-corrected chi connectivity index (χ4v) is 4.93. The lowest BCUT2D eigenvalue weighted by Crippen LogP contribution is -2.45. The zero-order valence-corrected chi connectivity index (χ0v) is 15.4. The van der Waals surface area contributed by atoms with Gasteiger partial charge in [-0.3, -0.25) is 9.10 Å². The molecule has 136 valence electrons. The monoisotopic (exact) mass is 363 g/mol. The molecule has 2 aliphatic heterocycles. The minimum absolute atomic E-state index is 0.0505. The van der Waals surface area contributed by atoms with Crippen LogP contribution >= 0.6 is 0 Å². The first-order valence-corrected chi connectivity index (χ1v) is 10.9. The number of anilines is 1. The number of carbonyl (C=O) groups excluding carboxylic acids is 1. The number of hydrogen-bond acceptors (Lipinski definition) is 4. The number of piperidine rings is 1. The van der Waals surface area contributed by atoms with Crippen LogP contribution in [0.3, 0.4) is 0 Å². The Kier molecular flexibility index (Phi) is 4.24. The van der Waals surface area contributed by atoms with E-state index in [1.54, 1.807) is 12.1 Å². The molecule has 0 bridgehead atoms. The first kappa shape index (κ1) is 16.8. The zero-order chi connectivity index (χ0) is 17.6. The molecule has 0 aromatic heterocycles. The highest BCUT2D eigenvalue weighted by Gasteiger charge is 2.32. The molecule has 1 saturated carbocycles. The van der Waals surface area contributed by atoms with E-state index in [4.69, 9.17) is 0 Å². The Balaban J connectivity index is 1.40. The molecule has 1 aliphatic carbocycles. The molecule has 0 atom stereocenters. The first-order chi connectivity index (χ1) is 11.9. The summed E-state index contributed by atoms with van der Waals surface area (Å²) in [7, 11) is -3.25. The number of fused-ring (bicyclic) bond motifs is 1. The maximum absolute atomic E-state index is 12.6. The molecule has 1 saturated heterocycles. The van der Waals surface area contributed by atoms with Crippen LogP contribution in [0.2, 0.25) is 0 Å². The highest BCUT2D eigenvalue weighted by molar-refractivity contribution is 7.92. The summed E-state index contributed by atoms with van der Waals surface area (Å²) in [5, 5.41) is 3.15. The molecule has 1 aromatic rings. The second-order valence-corrected chi connectivity index (χ2v) is 9.35. The number of benzene rings is 1. The van der Waals surface area contributed by atoms with Crippen LogP contribution in [0.1, 0.15) is 41.6 Å². The summed E-state index contributed by atoms with van der Waals surface area (Å²) in [4.78, 5) is 15.1. The molecular formula is C18H25N3O3S. The third-order valence-electron chi connectivity index (χ3n) is 5.52. The smallest absolute Gasteiger partial charge is 0.251 e. The minimum Gasteiger partial charge on any atom is -0.349 e. The van der Waals surface area contributed by atoms with E-state index in [1.165, 1.54) is 23.4 Å². The maximum atomic E-state index is 12.6. The standard InChI is InChI=1S/C18H25N3O3S/c1-25(23,24)21-11-6-13-12-14(2-5-17(13)21)18(22)19-15-7-9-20(10-8-15)16-3-4-16/h2,5,12,15-16H,3-4,6-11H2,1H3,(H,19,22). The van der Waals surface area contributed by atoms with Crippen LogP contribution in [0.5, 0.6) is 0 Å². The molecule has 2 heterocycles.